The Hall–Kier alpha value is -3.44. The molecule has 4 nitrogen and oxygen atoms in total. The number of aryl methyl sites for hydroxylation is 2. The Kier molecular flexibility index (Phi) is 5.04. The maximum atomic E-state index is 5.83. The number of thiocarbonyl (C=S) groups is 1. The standard InChI is InChI=1S/C26H24N4S/c1-18-13-14-21(17-19(18)2)29-16-8-12-23(29)25-24(22-11-6-7-15-27-22)28-26(31)30(25)20-9-4-3-5-10-20/h3-17,24-25H,1-2H3,(H,28,31)/t24-,25-/m0/s1. The van der Waals surface area contributed by atoms with Crippen LogP contribution in [0.3, 0.4) is 0 Å². The molecule has 5 rings (SSSR count). The van der Waals surface area contributed by atoms with Crippen LogP contribution in [0, 0.1) is 13.8 Å². The second-order valence-electron chi connectivity index (χ2n) is 7.90. The van der Waals surface area contributed by atoms with Crippen LogP contribution in [0.4, 0.5) is 5.69 Å². The molecule has 4 aromatic rings. The third kappa shape index (κ3) is 3.51. The zero-order valence-corrected chi connectivity index (χ0v) is 18.4. The van der Waals surface area contributed by atoms with E-state index in [1.54, 1.807) is 0 Å². The summed E-state index contributed by atoms with van der Waals surface area (Å²) >= 11 is 5.83. The van der Waals surface area contributed by atoms with Gasteiger partial charge in [0.1, 0.15) is 6.04 Å². The monoisotopic (exact) mass is 424 g/mol. The van der Waals surface area contributed by atoms with Crippen molar-refractivity contribution in [2.24, 2.45) is 0 Å². The van der Waals surface area contributed by atoms with Gasteiger partial charge in [-0.2, -0.15) is 0 Å². The van der Waals surface area contributed by atoms with Crippen LogP contribution in [0.5, 0.6) is 0 Å². The summed E-state index contributed by atoms with van der Waals surface area (Å²) < 4.78 is 2.26. The van der Waals surface area contributed by atoms with E-state index < -0.39 is 0 Å². The molecule has 0 saturated carbocycles. The van der Waals surface area contributed by atoms with Crippen molar-refractivity contribution in [1.82, 2.24) is 14.9 Å². The summed E-state index contributed by atoms with van der Waals surface area (Å²) in [6.45, 7) is 4.30. The number of nitrogens with one attached hydrogen (secondary N) is 1. The van der Waals surface area contributed by atoms with Crippen LogP contribution >= 0.6 is 12.2 Å². The Bertz CT molecular complexity index is 1220. The minimum absolute atomic E-state index is 0.0404. The fourth-order valence-corrected chi connectivity index (χ4v) is 4.61. The lowest BCUT2D eigenvalue weighted by molar-refractivity contribution is 0.549. The highest BCUT2D eigenvalue weighted by atomic mass is 32.1. The summed E-state index contributed by atoms with van der Waals surface area (Å²) in [5.74, 6) is 0. The van der Waals surface area contributed by atoms with E-state index in [-0.39, 0.29) is 12.1 Å². The van der Waals surface area contributed by atoms with Crippen molar-refractivity contribution in [2.75, 3.05) is 4.90 Å². The van der Waals surface area contributed by atoms with Gasteiger partial charge in [0.25, 0.3) is 0 Å². The van der Waals surface area contributed by atoms with Gasteiger partial charge in [0.2, 0.25) is 0 Å². The van der Waals surface area contributed by atoms with Crippen molar-refractivity contribution in [3.05, 3.63) is 114 Å². The molecule has 0 radical (unpaired) electrons. The average molecular weight is 425 g/mol. The number of hydrogen-bond acceptors (Lipinski definition) is 2. The number of hydrogen-bond donors (Lipinski definition) is 1. The SMILES string of the molecule is Cc1ccc(-n2cccc2[C@H]2[C@H](c3ccccn3)NC(=S)N2c2ccccc2)cc1C. The summed E-state index contributed by atoms with van der Waals surface area (Å²) in [6, 6.07) is 27.1. The second kappa shape index (κ2) is 8.00. The summed E-state index contributed by atoms with van der Waals surface area (Å²) in [5.41, 5.74) is 6.91. The molecule has 0 amide bonds. The van der Waals surface area contributed by atoms with Crippen molar-refractivity contribution in [2.45, 2.75) is 25.9 Å². The quantitative estimate of drug-likeness (QED) is 0.428. The normalized spacial score (nSPS) is 18.3. The topological polar surface area (TPSA) is 33.1 Å². The van der Waals surface area contributed by atoms with Gasteiger partial charge in [0, 0.05) is 29.5 Å². The van der Waals surface area contributed by atoms with E-state index in [1.165, 1.54) is 11.1 Å². The first kappa shape index (κ1) is 19.5. The lowest BCUT2D eigenvalue weighted by atomic mass is 10.0. The highest BCUT2D eigenvalue weighted by Crippen LogP contribution is 2.42. The molecule has 1 aliphatic heterocycles. The van der Waals surface area contributed by atoms with Crippen molar-refractivity contribution in [1.29, 1.82) is 0 Å². The van der Waals surface area contributed by atoms with Crippen molar-refractivity contribution in [3.8, 4) is 5.69 Å². The summed E-state index contributed by atoms with van der Waals surface area (Å²) in [7, 11) is 0. The Morgan fingerprint density at radius 1 is 0.839 bits per heavy atom. The molecule has 31 heavy (non-hydrogen) atoms. The number of rotatable bonds is 4. The average Bonchev–Trinajstić information content (AvgIpc) is 3.41. The van der Waals surface area contributed by atoms with Crippen molar-refractivity contribution >= 4 is 23.0 Å². The lowest BCUT2D eigenvalue weighted by Crippen LogP contribution is -2.30. The van der Waals surface area contributed by atoms with Crippen LogP contribution in [-0.2, 0) is 0 Å². The van der Waals surface area contributed by atoms with Crippen LogP contribution in [0.2, 0.25) is 0 Å². The zero-order valence-electron chi connectivity index (χ0n) is 17.6. The van der Waals surface area contributed by atoms with E-state index >= 15 is 0 Å². The number of para-hydroxylation sites is 1. The predicted molar refractivity (Wildman–Crippen MR) is 130 cm³/mol. The number of benzene rings is 2. The molecule has 1 aliphatic rings. The Labute approximate surface area is 188 Å². The third-order valence-electron chi connectivity index (χ3n) is 5.98. The number of nitrogens with zero attached hydrogens (tertiary/aromatic N) is 3. The number of aromatic nitrogens is 2. The van der Waals surface area contributed by atoms with E-state index in [9.17, 15) is 0 Å². The van der Waals surface area contributed by atoms with Crippen LogP contribution in [0.25, 0.3) is 5.69 Å². The third-order valence-corrected chi connectivity index (χ3v) is 6.30. The molecule has 2 aromatic heterocycles. The maximum absolute atomic E-state index is 5.83. The summed E-state index contributed by atoms with van der Waals surface area (Å²) in [5, 5.41) is 4.25. The van der Waals surface area contributed by atoms with Gasteiger partial charge in [-0.15, -0.1) is 0 Å². The molecule has 3 heterocycles. The van der Waals surface area contributed by atoms with E-state index in [2.05, 4.69) is 88.3 Å². The Morgan fingerprint density at radius 2 is 1.65 bits per heavy atom. The van der Waals surface area contributed by atoms with Gasteiger partial charge in [0.05, 0.1) is 11.7 Å². The first-order valence-electron chi connectivity index (χ1n) is 10.4. The molecule has 2 atom stereocenters. The molecule has 0 spiro atoms. The summed E-state index contributed by atoms with van der Waals surface area (Å²) in [6.07, 6.45) is 3.96. The van der Waals surface area contributed by atoms with Gasteiger partial charge < -0.3 is 14.8 Å². The first-order valence-corrected chi connectivity index (χ1v) is 10.8. The van der Waals surface area contributed by atoms with Gasteiger partial charge in [-0.25, -0.2) is 0 Å². The van der Waals surface area contributed by atoms with E-state index in [0.717, 1.165) is 22.8 Å². The maximum Gasteiger partial charge on any atom is 0.174 e. The molecule has 154 valence electrons. The molecule has 0 bridgehead atoms. The van der Waals surface area contributed by atoms with Crippen LogP contribution in [-0.4, -0.2) is 14.7 Å². The fourth-order valence-electron chi connectivity index (χ4n) is 4.27. The lowest BCUT2D eigenvalue weighted by Gasteiger charge is -2.29. The first-order chi connectivity index (χ1) is 15.1. The van der Waals surface area contributed by atoms with Crippen LogP contribution in [0.1, 0.15) is 34.6 Å². The van der Waals surface area contributed by atoms with E-state index in [0.29, 0.717) is 5.11 Å². The van der Waals surface area contributed by atoms with E-state index in [1.807, 2.05) is 36.5 Å². The largest absolute Gasteiger partial charge is 0.351 e. The van der Waals surface area contributed by atoms with Gasteiger partial charge >= 0.3 is 0 Å². The fraction of sp³-hybridized carbons (Fsp3) is 0.154. The van der Waals surface area contributed by atoms with Crippen molar-refractivity contribution in [3.63, 3.8) is 0 Å². The minimum atomic E-state index is -0.0610. The smallest absolute Gasteiger partial charge is 0.174 e. The van der Waals surface area contributed by atoms with Gasteiger partial charge in [-0.1, -0.05) is 30.3 Å². The molecular formula is C26H24N4S. The molecule has 0 unspecified atom stereocenters. The zero-order chi connectivity index (χ0) is 21.4. The molecule has 1 N–H and O–H groups in total. The Morgan fingerprint density at radius 3 is 2.39 bits per heavy atom. The van der Waals surface area contributed by atoms with Crippen LogP contribution in [0.15, 0.2) is 91.3 Å². The number of anilines is 1. The van der Waals surface area contributed by atoms with Gasteiger partial charge in [0.15, 0.2) is 5.11 Å². The highest BCUT2D eigenvalue weighted by Gasteiger charge is 2.42. The van der Waals surface area contributed by atoms with Crippen LogP contribution < -0.4 is 10.2 Å². The molecule has 5 heteroatoms. The predicted octanol–water partition coefficient (Wildman–Crippen LogP) is 5.67. The minimum Gasteiger partial charge on any atom is -0.351 e. The Balaban J connectivity index is 1.67. The van der Waals surface area contributed by atoms with E-state index in [4.69, 9.17) is 12.2 Å². The molecule has 0 aliphatic carbocycles. The molecular weight excluding hydrogens is 400 g/mol. The molecule has 1 fully saturated rings. The van der Waals surface area contributed by atoms with Crippen molar-refractivity contribution < 1.29 is 0 Å². The molecule has 2 aromatic carbocycles. The summed E-state index contributed by atoms with van der Waals surface area (Å²) in [4.78, 5) is 6.86. The van der Waals surface area contributed by atoms with Gasteiger partial charge in [-0.3, -0.25) is 4.98 Å². The van der Waals surface area contributed by atoms with Gasteiger partial charge in [-0.05, 0) is 85.7 Å². The molecule has 1 saturated heterocycles. The number of pyridine rings is 1. The second-order valence-corrected chi connectivity index (χ2v) is 8.29. The highest BCUT2D eigenvalue weighted by molar-refractivity contribution is 7.80.